The summed E-state index contributed by atoms with van der Waals surface area (Å²) in [5.74, 6) is 0. The predicted molar refractivity (Wildman–Crippen MR) is 85.8 cm³/mol. The molecule has 4 nitrogen and oxygen atoms in total. The van der Waals surface area contributed by atoms with Crippen LogP contribution in [0.3, 0.4) is 0 Å². The Hall–Kier alpha value is -1.60. The van der Waals surface area contributed by atoms with Crippen molar-refractivity contribution in [3.05, 3.63) is 24.0 Å². The zero-order valence-corrected chi connectivity index (χ0v) is 13.3. The molecule has 0 aromatic carbocycles. The summed E-state index contributed by atoms with van der Waals surface area (Å²) >= 11 is 0. The molecule has 1 aliphatic heterocycles. The van der Waals surface area contributed by atoms with Crippen molar-refractivity contribution in [2.75, 3.05) is 32.0 Å². The van der Waals surface area contributed by atoms with E-state index in [1.165, 1.54) is 32.4 Å². The van der Waals surface area contributed by atoms with Crippen molar-refractivity contribution in [3.8, 4) is 6.07 Å². The number of piperidine rings is 1. The maximum absolute atomic E-state index is 8.49. The van der Waals surface area contributed by atoms with Gasteiger partial charge in [0.1, 0.15) is 11.8 Å². The summed E-state index contributed by atoms with van der Waals surface area (Å²) in [7, 11) is 2.19. The molecule has 0 aliphatic carbocycles. The second-order valence-corrected chi connectivity index (χ2v) is 4.44. The van der Waals surface area contributed by atoms with Gasteiger partial charge in [0.2, 0.25) is 0 Å². The van der Waals surface area contributed by atoms with Crippen LogP contribution < -0.4 is 5.32 Å². The molecule has 1 saturated heterocycles. The molecule has 0 spiro atoms. The van der Waals surface area contributed by atoms with Gasteiger partial charge in [-0.2, -0.15) is 5.26 Å². The Labute approximate surface area is 123 Å². The van der Waals surface area contributed by atoms with Gasteiger partial charge in [-0.25, -0.2) is 4.98 Å². The molecule has 0 radical (unpaired) electrons. The van der Waals surface area contributed by atoms with Gasteiger partial charge in [0.15, 0.2) is 0 Å². The Kier molecular flexibility index (Phi) is 11.4. The zero-order chi connectivity index (χ0) is 15.2. The highest BCUT2D eigenvalue weighted by molar-refractivity contribution is 5.45. The van der Waals surface area contributed by atoms with Crippen LogP contribution >= 0.6 is 0 Å². The molecule has 1 aromatic heterocycles. The standard InChI is InChI=1S/C8H9N3.C6H13N.C2H6/c1-2-10-7-3-4-11-8(5-7)6-9;1-7-5-3-2-4-6-7;1-2/h3-5H,2H2,1H3,(H,10,11);2-6H2,1H3;1-2H3. The summed E-state index contributed by atoms with van der Waals surface area (Å²) < 4.78 is 0. The molecule has 112 valence electrons. The third-order valence-corrected chi connectivity index (χ3v) is 2.84. The van der Waals surface area contributed by atoms with Crippen LogP contribution in [0.2, 0.25) is 0 Å². The van der Waals surface area contributed by atoms with Crippen molar-refractivity contribution in [1.82, 2.24) is 9.88 Å². The first kappa shape index (κ1) is 18.4. The summed E-state index contributed by atoms with van der Waals surface area (Å²) in [6.45, 7) is 9.50. The summed E-state index contributed by atoms with van der Waals surface area (Å²) in [6, 6.07) is 5.54. The molecule has 2 heterocycles. The van der Waals surface area contributed by atoms with Crippen molar-refractivity contribution >= 4 is 5.69 Å². The van der Waals surface area contributed by atoms with Gasteiger partial charge in [0.05, 0.1) is 0 Å². The molecule has 1 aliphatic rings. The third-order valence-electron chi connectivity index (χ3n) is 2.84. The van der Waals surface area contributed by atoms with E-state index in [1.807, 2.05) is 32.9 Å². The Morgan fingerprint density at radius 3 is 2.40 bits per heavy atom. The van der Waals surface area contributed by atoms with E-state index in [2.05, 4.69) is 22.2 Å². The van der Waals surface area contributed by atoms with Crippen molar-refractivity contribution in [2.24, 2.45) is 0 Å². The molecule has 0 unspecified atom stereocenters. The second kappa shape index (κ2) is 12.4. The van der Waals surface area contributed by atoms with Gasteiger partial charge in [-0.1, -0.05) is 20.3 Å². The van der Waals surface area contributed by atoms with E-state index in [0.717, 1.165) is 12.2 Å². The molecular weight excluding hydrogens is 248 g/mol. The normalized spacial score (nSPS) is 13.9. The fraction of sp³-hybridized carbons (Fsp3) is 0.625. The predicted octanol–water partition coefficient (Wildman–Crippen LogP) is 3.51. The minimum atomic E-state index is 0.448. The number of nitrogens with one attached hydrogen (secondary N) is 1. The average Bonchev–Trinajstić information content (AvgIpc) is 2.51. The van der Waals surface area contributed by atoms with Crippen LogP contribution in [0.5, 0.6) is 0 Å². The van der Waals surface area contributed by atoms with Gasteiger partial charge < -0.3 is 10.2 Å². The molecule has 0 saturated carbocycles. The summed E-state index contributed by atoms with van der Waals surface area (Å²) in [5.41, 5.74) is 1.39. The van der Waals surface area contributed by atoms with E-state index in [0.29, 0.717) is 5.69 Å². The highest BCUT2D eigenvalue weighted by Crippen LogP contribution is 2.06. The largest absolute Gasteiger partial charge is 0.385 e. The lowest BCUT2D eigenvalue weighted by molar-refractivity contribution is 0.277. The molecule has 1 fully saturated rings. The average molecular weight is 276 g/mol. The summed E-state index contributed by atoms with van der Waals surface area (Å²) in [5, 5.41) is 11.6. The number of hydrogen-bond donors (Lipinski definition) is 1. The van der Waals surface area contributed by atoms with Crippen molar-refractivity contribution in [3.63, 3.8) is 0 Å². The SMILES string of the molecule is CC.CCNc1ccnc(C#N)c1.CN1CCCCC1. The number of aromatic nitrogens is 1. The third kappa shape index (κ3) is 8.49. The van der Waals surface area contributed by atoms with E-state index < -0.39 is 0 Å². The molecule has 1 N–H and O–H groups in total. The summed E-state index contributed by atoms with van der Waals surface area (Å²) in [4.78, 5) is 6.23. The van der Waals surface area contributed by atoms with Gasteiger partial charge in [-0.15, -0.1) is 0 Å². The quantitative estimate of drug-likeness (QED) is 0.898. The lowest BCUT2D eigenvalue weighted by Gasteiger charge is -2.20. The smallest absolute Gasteiger partial charge is 0.142 e. The number of likely N-dealkylation sites (tertiary alicyclic amines) is 1. The Morgan fingerprint density at radius 1 is 1.30 bits per heavy atom. The van der Waals surface area contributed by atoms with E-state index in [-0.39, 0.29) is 0 Å². The fourth-order valence-corrected chi connectivity index (χ4v) is 1.86. The first-order valence-electron chi connectivity index (χ1n) is 7.55. The molecule has 4 heteroatoms. The maximum atomic E-state index is 8.49. The van der Waals surface area contributed by atoms with Crippen molar-refractivity contribution < 1.29 is 0 Å². The van der Waals surface area contributed by atoms with Crippen LogP contribution in [0.1, 0.15) is 45.7 Å². The number of nitrogens with zero attached hydrogens (tertiary/aromatic N) is 3. The van der Waals surface area contributed by atoms with E-state index in [9.17, 15) is 0 Å². The number of anilines is 1. The first-order chi connectivity index (χ1) is 9.76. The molecule has 0 atom stereocenters. The lowest BCUT2D eigenvalue weighted by Crippen LogP contribution is -2.24. The number of pyridine rings is 1. The zero-order valence-electron chi connectivity index (χ0n) is 13.3. The Bertz CT molecular complexity index is 378. The highest BCUT2D eigenvalue weighted by atomic mass is 15.1. The van der Waals surface area contributed by atoms with Gasteiger partial charge in [0.25, 0.3) is 0 Å². The summed E-state index contributed by atoms with van der Waals surface area (Å²) in [6.07, 6.45) is 5.90. The molecule has 1 aromatic rings. The highest BCUT2D eigenvalue weighted by Gasteiger charge is 2.02. The molecular formula is C16H28N4. The monoisotopic (exact) mass is 276 g/mol. The number of nitriles is 1. The Morgan fingerprint density at radius 2 is 1.95 bits per heavy atom. The minimum absolute atomic E-state index is 0.448. The second-order valence-electron chi connectivity index (χ2n) is 4.44. The van der Waals surface area contributed by atoms with Crippen LogP contribution in [-0.2, 0) is 0 Å². The maximum Gasteiger partial charge on any atom is 0.142 e. The van der Waals surface area contributed by atoms with Gasteiger partial charge in [0, 0.05) is 18.4 Å². The van der Waals surface area contributed by atoms with Crippen LogP contribution in [0.15, 0.2) is 18.3 Å². The van der Waals surface area contributed by atoms with Gasteiger partial charge in [-0.3, -0.25) is 0 Å². The lowest BCUT2D eigenvalue weighted by atomic mass is 10.1. The van der Waals surface area contributed by atoms with Crippen LogP contribution in [0.4, 0.5) is 5.69 Å². The van der Waals surface area contributed by atoms with Gasteiger partial charge >= 0.3 is 0 Å². The molecule has 0 amide bonds. The van der Waals surface area contributed by atoms with E-state index in [1.54, 1.807) is 12.3 Å². The van der Waals surface area contributed by atoms with E-state index >= 15 is 0 Å². The van der Waals surface area contributed by atoms with Crippen LogP contribution in [0.25, 0.3) is 0 Å². The van der Waals surface area contributed by atoms with E-state index in [4.69, 9.17) is 5.26 Å². The molecule has 0 bridgehead atoms. The molecule has 2 rings (SSSR count). The van der Waals surface area contributed by atoms with Gasteiger partial charge in [-0.05, 0) is 52.0 Å². The number of rotatable bonds is 2. The fourth-order valence-electron chi connectivity index (χ4n) is 1.86. The minimum Gasteiger partial charge on any atom is -0.385 e. The topological polar surface area (TPSA) is 52.0 Å². The van der Waals surface area contributed by atoms with Crippen molar-refractivity contribution in [2.45, 2.75) is 40.0 Å². The Balaban J connectivity index is 0.000000345. The molecule has 20 heavy (non-hydrogen) atoms. The number of hydrogen-bond acceptors (Lipinski definition) is 4. The first-order valence-corrected chi connectivity index (χ1v) is 7.55. The van der Waals surface area contributed by atoms with Crippen LogP contribution in [-0.4, -0.2) is 36.6 Å². The van der Waals surface area contributed by atoms with Crippen LogP contribution in [0, 0.1) is 11.3 Å². The van der Waals surface area contributed by atoms with Crippen molar-refractivity contribution in [1.29, 1.82) is 5.26 Å².